The van der Waals surface area contributed by atoms with Gasteiger partial charge in [0.2, 0.25) is 0 Å². The average molecular weight is 334 g/mol. The number of alkyl halides is 4. The lowest BCUT2D eigenvalue weighted by Crippen LogP contribution is -2.20. The Morgan fingerprint density at radius 2 is 2.00 bits per heavy atom. The van der Waals surface area contributed by atoms with Crippen LogP contribution in [0.15, 0.2) is 12.1 Å². The molecule has 0 aliphatic heterocycles. The summed E-state index contributed by atoms with van der Waals surface area (Å²) in [6.07, 6.45) is -4.39. The third-order valence-corrected chi connectivity index (χ3v) is 2.66. The first-order valence-corrected chi connectivity index (χ1v) is 5.99. The van der Waals surface area contributed by atoms with Crippen molar-refractivity contribution in [1.82, 2.24) is 0 Å². The fraction of sp³-hybridized carbons (Fsp3) is 0.400. The van der Waals surface area contributed by atoms with Gasteiger partial charge in [-0.25, -0.2) is 0 Å². The van der Waals surface area contributed by atoms with Crippen LogP contribution in [-0.4, -0.2) is 19.9 Å². The van der Waals surface area contributed by atoms with E-state index in [1.165, 1.54) is 19.2 Å². The summed E-state index contributed by atoms with van der Waals surface area (Å²) in [6.45, 7) is -1.37. The molecule has 0 fully saturated rings. The Labute approximate surface area is 110 Å². The van der Waals surface area contributed by atoms with Crippen molar-refractivity contribution in [2.24, 2.45) is 0 Å². The molecule has 0 unspecified atom stereocenters. The van der Waals surface area contributed by atoms with E-state index in [4.69, 9.17) is 21.1 Å². The largest absolute Gasteiger partial charge is 0.493 e. The number of rotatable bonds is 4. The first-order valence-electron chi connectivity index (χ1n) is 4.49. The number of methoxy groups -OCH3 is 1. The van der Waals surface area contributed by atoms with Crippen LogP contribution in [0.4, 0.5) is 13.2 Å². The summed E-state index contributed by atoms with van der Waals surface area (Å²) in [5.74, 6) is 0.224. The van der Waals surface area contributed by atoms with Gasteiger partial charge in [-0.3, -0.25) is 0 Å². The second-order valence-corrected chi connectivity index (χ2v) is 4.13. The molecular formula is C10H9BrClF3O2. The van der Waals surface area contributed by atoms with Crippen LogP contribution in [0, 0.1) is 0 Å². The monoisotopic (exact) mass is 332 g/mol. The highest BCUT2D eigenvalue weighted by atomic mass is 79.9. The standard InChI is InChI=1S/C10H9BrClF3O2/c1-16-8-3-7(12)2-6(4-11)9(8)17-5-10(13,14)15/h2-3H,4-5H2,1H3. The molecule has 17 heavy (non-hydrogen) atoms. The Hall–Kier alpha value is -0.620. The molecule has 0 N–H and O–H groups in total. The number of hydrogen-bond acceptors (Lipinski definition) is 2. The van der Waals surface area contributed by atoms with Crippen molar-refractivity contribution in [3.8, 4) is 11.5 Å². The zero-order valence-corrected chi connectivity index (χ0v) is 11.1. The predicted molar refractivity (Wildman–Crippen MR) is 62.2 cm³/mol. The Bertz CT molecular complexity index is 371. The number of hydrogen-bond donors (Lipinski definition) is 0. The summed E-state index contributed by atoms with van der Waals surface area (Å²) in [5.41, 5.74) is 0.499. The van der Waals surface area contributed by atoms with Gasteiger partial charge in [0.1, 0.15) is 0 Å². The molecule has 0 radical (unpaired) electrons. The minimum atomic E-state index is -4.39. The quantitative estimate of drug-likeness (QED) is 0.770. The molecule has 0 saturated heterocycles. The topological polar surface area (TPSA) is 18.5 Å². The van der Waals surface area contributed by atoms with Crippen molar-refractivity contribution in [1.29, 1.82) is 0 Å². The van der Waals surface area contributed by atoms with E-state index < -0.39 is 12.8 Å². The van der Waals surface area contributed by atoms with Crippen molar-refractivity contribution in [2.75, 3.05) is 13.7 Å². The summed E-state index contributed by atoms with van der Waals surface area (Å²) in [5, 5.41) is 0.688. The number of benzene rings is 1. The Kier molecular flexibility index (Phi) is 4.94. The van der Waals surface area contributed by atoms with Crippen molar-refractivity contribution in [3.63, 3.8) is 0 Å². The molecule has 0 bridgehead atoms. The van der Waals surface area contributed by atoms with Crippen LogP contribution in [0.25, 0.3) is 0 Å². The molecule has 0 heterocycles. The van der Waals surface area contributed by atoms with Crippen molar-refractivity contribution in [2.45, 2.75) is 11.5 Å². The number of ether oxygens (including phenoxy) is 2. The molecule has 0 aliphatic carbocycles. The molecule has 96 valence electrons. The van der Waals surface area contributed by atoms with Crippen molar-refractivity contribution < 1.29 is 22.6 Å². The van der Waals surface area contributed by atoms with E-state index in [1.54, 1.807) is 0 Å². The molecule has 0 aliphatic rings. The van der Waals surface area contributed by atoms with Gasteiger partial charge in [0.15, 0.2) is 18.1 Å². The molecule has 0 saturated carbocycles. The van der Waals surface area contributed by atoms with Gasteiger partial charge < -0.3 is 9.47 Å². The van der Waals surface area contributed by atoms with Crippen LogP contribution in [0.3, 0.4) is 0 Å². The highest BCUT2D eigenvalue weighted by Gasteiger charge is 2.29. The van der Waals surface area contributed by atoms with Gasteiger partial charge in [-0.15, -0.1) is 0 Å². The van der Waals surface area contributed by atoms with E-state index in [0.29, 0.717) is 15.9 Å². The SMILES string of the molecule is COc1cc(Cl)cc(CBr)c1OCC(F)(F)F. The maximum Gasteiger partial charge on any atom is 0.422 e. The lowest BCUT2D eigenvalue weighted by molar-refractivity contribution is -0.153. The van der Waals surface area contributed by atoms with Crippen LogP contribution in [0.5, 0.6) is 11.5 Å². The first-order chi connectivity index (χ1) is 7.87. The molecule has 0 spiro atoms. The average Bonchev–Trinajstić information content (AvgIpc) is 2.24. The van der Waals surface area contributed by atoms with E-state index in [1.807, 2.05) is 0 Å². The van der Waals surface area contributed by atoms with Crippen LogP contribution < -0.4 is 9.47 Å². The summed E-state index contributed by atoms with van der Waals surface area (Å²) in [7, 11) is 1.34. The van der Waals surface area contributed by atoms with E-state index >= 15 is 0 Å². The Balaban J connectivity index is 3.03. The second kappa shape index (κ2) is 5.82. The van der Waals surface area contributed by atoms with E-state index in [-0.39, 0.29) is 11.5 Å². The van der Waals surface area contributed by atoms with Gasteiger partial charge in [-0.1, -0.05) is 27.5 Å². The Morgan fingerprint density at radius 3 is 2.47 bits per heavy atom. The van der Waals surface area contributed by atoms with Crippen LogP contribution in [0.2, 0.25) is 5.02 Å². The van der Waals surface area contributed by atoms with Gasteiger partial charge in [0, 0.05) is 22.0 Å². The zero-order chi connectivity index (χ0) is 13.1. The van der Waals surface area contributed by atoms with Gasteiger partial charge in [0.05, 0.1) is 7.11 Å². The minimum absolute atomic E-state index is 0.0473. The van der Waals surface area contributed by atoms with Crippen LogP contribution in [-0.2, 0) is 5.33 Å². The van der Waals surface area contributed by atoms with Crippen molar-refractivity contribution in [3.05, 3.63) is 22.7 Å². The third kappa shape index (κ3) is 4.27. The number of halogens is 5. The van der Waals surface area contributed by atoms with Gasteiger partial charge in [-0.05, 0) is 6.07 Å². The lowest BCUT2D eigenvalue weighted by Gasteiger charge is -2.15. The molecule has 7 heteroatoms. The molecule has 1 rings (SSSR count). The molecule has 2 nitrogen and oxygen atoms in total. The summed E-state index contributed by atoms with van der Waals surface area (Å²) in [6, 6.07) is 2.92. The summed E-state index contributed by atoms with van der Waals surface area (Å²) < 4.78 is 45.9. The highest BCUT2D eigenvalue weighted by molar-refractivity contribution is 9.08. The molecule has 0 atom stereocenters. The van der Waals surface area contributed by atoms with Crippen LogP contribution >= 0.6 is 27.5 Å². The summed E-state index contributed by atoms with van der Waals surface area (Å²) >= 11 is 8.94. The van der Waals surface area contributed by atoms with E-state index in [2.05, 4.69) is 15.9 Å². The maximum atomic E-state index is 12.1. The lowest BCUT2D eigenvalue weighted by atomic mass is 10.2. The normalized spacial score (nSPS) is 11.4. The van der Waals surface area contributed by atoms with Gasteiger partial charge in [-0.2, -0.15) is 13.2 Å². The second-order valence-electron chi connectivity index (χ2n) is 3.13. The first kappa shape index (κ1) is 14.4. The van der Waals surface area contributed by atoms with E-state index in [9.17, 15) is 13.2 Å². The molecule has 1 aromatic carbocycles. The van der Waals surface area contributed by atoms with Crippen molar-refractivity contribution >= 4 is 27.5 Å². The smallest absolute Gasteiger partial charge is 0.422 e. The Morgan fingerprint density at radius 1 is 1.35 bits per heavy atom. The summed E-state index contributed by atoms with van der Waals surface area (Å²) in [4.78, 5) is 0. The molecule has 0 amide bonds. The molecular weight excluding hydrogens is 324 g/mol. The fourth-order valence-electron chi connectivity index (χ4n) is 1.19. The molecule has 1 aromatic rings. The highest BCUT2D eigenvalue weighted by Crippen LogP contribution is 2.36. The van der Waals surface area contributed by atoms with E-state index in [0.717, 1.165) is 0 Å². The third-order valence-electron chi connectivity index (χ3n) is 1.84. The zero-order valence-electron chi connectivity index (χ0n) is 8.78. The minimum Gasteiger partial charge on any atom is -0.493 e. The fourth-order valence-corrected chi connectivity index (χ4v) is 1.84. The maximum absolute atomic E-state index is 12.1. The van der Waals surface area contributed by atoms with Crippen LogP contribution in [0.1, 0.15) is 5.56 Å². The molecule has 0 aromatic heterocycles. The van der Waals surface area contributed by atoms with Gasteiger partial charge in [0.25, 0.3) is 0 Å². The predicted octanol–water partition coefficient (Wildman–Crippen LogP) is 4.18. The van der Waals surface area contributed by atoms with Gasteiger partial charge >= 0.3 is 6.18 Å².